The number of amides is 1. The summed E-state index contributed by atoms with van der Waals surface area (Å²) in [5.74, 6) is 0.260. The van der Waals surface area contributed by atoms with E-state index in [0.717, 1.165) is 12.8 Å². The lowest BCUT2D eigenvalue weighted by atomic mass is 10.1. The van der Waals surface area contributed by atoms with Crippen LogP contribution >= 0.6 is 0 Å². The van der Waals surface area contributed by atoms with Gasteiger partial charge in [-0.05, 0) is 25.7 Å². The van der Waals surface area contributed by atoms with Gasteiger partial charge in [-0.3, -0.25) is 4.79 Å². The van der Waals surface area contributed by atoms with Crippen LogP contribution in [0.15, 0.2) is 5.16 Å². The number of hydrogen-bond donors (Lipinski definition) is 3. The summed E-state index contributed by atoms with van der Waals surface area (Å²) >= 11 is 0. The lowest BCUT2D eigenvalue weighted by molar-refractivity contribution is -0.122. The fourth-order valence-electron chi connectivity index (χ4n) is 1.48. The molecule has 1 aliphatic rings. The summed E-state index contributed by atoms with van der Waals surface area (Å²) in [6.07, 6.45) is 2.31. The minimum Gasteiger partial charge on any atom is -0.409 e. The topological polar surface area (TPSA) is 96.9 Å². The second kappa shape index (κ2) is 6.32. The lowest BCUT2D eigenvalue weighted by Crippen LogP contribution is -2.46. The van der Waals surface area contributed by atoms with Crippen LogP contribution in [0.25, 0.3) is 0 Å². The Morgan fingerprint density at radius 1 is 1.69 bits per heavy atom. The molecule has 0 spiro atoms. The van der Waals surface area contributed by atoms with Gasteiger partial charge in [0.05, 0.1) is 12.6 Å². The fraction of sp³-hybridized carbons (Fsp3) is 0.800. The van der Waals surface area contributed by atoms with Gasteiger partial charge in [-0.2, -0.15) is 0 Å². The maximum Gasteiger partial charge on any atom is 0.222 e. The Morgan fingerprint density at radius 3 is 2.88 bits per heavy atom. The maximum absolute atomic E-state index is 11.5. The summed E-state index contributed by atoms with van der Waals surface area (Å²) in [5, 5.41) is 14.3. The highest BCUT2D eigenvalue weighted by Crippen LogP contribution is 2.32. The average molecular weight is 229 g/mol. The molecule has 1 unspecified atom stereocenters. The van der Waals surface area contributed by atoms with Gasteiger partial charge >= 0.3 is 0 Å². The molecule has 1 rings (SSSR count). The van der Waals surface area contributed by atoms with Crippen LogP contribution in [0.1, 0.15) is 26.2 Å². The molecule has 1 amide bonds. The number of carbonyl (C=O) groups is 1. The highest BCUT2D eigenvalue weighted by atomic mass is 16.5. The quantitative estimate of drug-likeness (QED) is 0.189. The molecule has 92 valence electrons. The molecule has 0 bridgehead atoms. The zero-order valence-corrected chi connectivity index (χ0v) is 9.48. The van der Waals surface area contributed by atoms with E-state index in [1.807, 2.05) is 6.92 Å². The molecule has 0 heterocycles. The standard InChI is InChI=1S/C10H19N3O3/c1-2-16-6-5-8(14)12-9(7-3-4-7)10(11)13-15/h7,9,15H,2-6H2,1H3,(H2,11,13)(H,12,14). The van der Waals surface area contributed by atoms with Crippen LogP contribution in [0.2, 0.25) is 0 Å². The van der Waals surface area contributed by atoms with Crippen molar-refractivity contribution in [3.8, 4) is 0 Å². The molecule has 0 saturated heterocycles. The zero-order valence-electron chi connectivity index (χ0n) is 9.48. The predicted octanol–water partition coefficient (Wildman–Crippen LogP) is 0.0542. The van der Waals surface area contributed by atoms with Gasteiger partial charge in [0, 0.05) is 13.0 Å². The molecule has 1 atom stereocenters. The minimum atomic E-state index is -0.334. The van der Waals surface area contributed by atoms with E-state index in [2.05, 4.69) is 10.5 Å². The molecule has 6 heteroatoms. The first-order chi connectivity index (χ1) is 7.69. The number of carbonyl (C=O) groups excluding carboxylic acids is 1. The second-order valence-corrected chi connectivity index (χ2v) is 3.85. The van der Waals surface area contributed by atoms with Gasteiger partial charge in [0.2, 0.25) is 5.91 Å². The fourth-order valence-corrected chi connectivity index (χ4v) is 1.48. The van der Waals surface area contributed by atoms with Crippen molar-refractivity contribution in [3.63, 3.8) is 0 Å². The van der Waals surface area contributed by atoms with E-state index in [9.17, 15) is 4.79 Å². The number of amidine groups is 1. The lowest BCUT2D eigenvalue weighted by Gasteiger charge is -2.16. The monoisotopic (exact) mass is 229 g/mol. The van der Waals surface area contributed by atoms with Gasteiger partial charge in [0.25, 0.3) is 0 Å². The van der Waals surface area contributed by atoms with E-state index < -0.39 is 0 Å². The summed E-state index contributed by atoms with van der Waals surface area (Å²) < 4.78 is 5.08. The van der Waals surface area contributed by atoms with E-state index in [1.165, 1.54) is 0 Å². The SMILES string of the molecule is CCOCCC(=O)NC(C(N)=NO)C1CC1. The number of hydrogen-bond acceptors (Lipinski definition) is 4. The van der Waals surface area contributed by atoms with Crippen molar-refractivity contribution in [1.82, 2.24) is 5.32 Å². The van der Waals surface area contributed by atoms with Crippen molar-refractivity contribution in [3.05, 3.63) is 0 Å². The molecule has 0 aliphatic heterocycles. The maximum atomic E-state index is 11.5. The number of ether oxygens (including phenoxy) is 1. The zero-order chi connectivity index (χ0) is 12.0. The molecule has 0 radical (unpaired) electrons. The highest BCUT2D eigenvalue weighted by Gasteiger charge is 2.35. The third kappa shape index (κ3) is 4.06. The van der Waals surface area contributed by atoms with E-state index in [4.69, 9.17) is 15.7 Å². The summed E-state index contributed by atoms with van der Waals surface area (Å²) in [6.45, 7) is 2.87. The summed E-state index contributed by atoms with van der Waals surface area (Å²) in [7, 11) is 0. The molecule has 4 N–H and O–H groups in total. The Kier molecular flexibility index (Phi) is 5.04. The first-order valence-electron chi connectivity index (χ1n) is 5.53. The van der Waals surface area contributed by atoms with Crippen LogP contribution in [0.5, 0.6) is 0 Å². The van der Waals surface area contributed by atoms with Crippen molar-refractivity contribution in [2.75, 3.05) is 13.2 Å². The van der Waals surface area contributed by atoms with Crippen molar-refractivity contribution >= 4 is 11.7 Å². The van der Waals surface area contributed by atoms with Crippen LogP contribution in [0.4, 0.5) is 0 Å². The van der Waals surface area contributed by atoms with Gasteiger partial charge in [0.1, 0.15) is 0 Å². The van der Waals surface area contributed by atoms with Gasteiger partial charge in [-0.15, -0.1) is 0 Å². The largest absolute Gasteiger partial charge is 0.409 e. The number of nitrogens with two attached hydrogens (primary N) is 1. The summed E-state index contributed by atoms with van der Waals surface area (Å²) in [5.41, 5.74) is 5.52. The van der Waals surface area contributed by atoms with E-state index in [1.54, 1.807) is 0 Å². The second-order valence-electron chi connectivity index (χ2n) is 3.85. The molecule has 16 heavy (non-hydrogen) atoms. The minimum absolute atomic E-state index is 0.0762. The van der Waals surface area contributed by atoms with Crippen molar-refractivity contribution in [1.29, 1.82) is 0 Å². The molecule has 1 saturated carbocycles. The third-order valence-corrected chi connectivity index (χ3v) is 2.52. The first-order valence-corrected chi connectivity index (χ1v) is 5.53. The molecule has 6 nitrogen and oxygen atoms in total. The third-order valence-electron chi connectivity index (χ3n) is 2.52. The first kappa shape index (κ1) is 12.8. The van der Waals surface area contributed by atoms with Crippen molar-refractivity contribution in [2.45, 2.75) is 32.2 Å². The van der Waals surface area contributed by atoms with E-state index in [-0.39, 0.29) is 17.8 Å². The molecular weight excluding hydrogens is 210 g/mol. The van der Waals surface area contributed by atoms with E-state index in [0.29, 0.717) is 25.6 Å². The van der Waals surface area contributed by atoms with Gasteiger partial charge < -0.3 is 21.0 Å². The van der Waals surface area contributed by atoms with Crippen LogP contribution in [0, 0.1) is 5.92 Å². The molecule has 1 aliphatic carbocycles. The van der Waals surface area contributed by atoms with Crippen LogP contribution < -0.4 is 11.1 Å². The van der Waals surface area contributed by atoms with Crippen LogP contribution in [-0.2, 0) is 9.53 Å². The Hall–Kier alpha value is -1.30. The molecule has 0 aromatic carbocycles. The molecule has 0 aromatic heterocycles. The normalized spacial score (nSPS) is 18.2. The number of nitrogens with one attached hydrogen (secondary N) is 1. The Balaban J connectivity index is 2.33. The Bertz CT molecular complexity index is 264. The molecule has 0 aromatic rings. The smallest absolute Gasteiger partial charge is 0.222 e. The number of nitrogens with zero attached hydrogens (tertiary/aromatic N) is 1. The summed E-state index contributed by atoms with van der Waals surface area (Å²) in [6, 6.07) is -0.334. The highest BCUT2D eigenvalue weighted by molar-refractivity contribution is 5.90. The average Bonchev–Trinajstić information content (AvgIpc) is 3.09. The van der Waals surface area contributed by atoms with Crippen molar-refractivity contribution < 1.29 is 14.7 Å². The number of oxime groups is 1. The molecule has 1 fully saturated rings. The van der Waals surface area contributed by atoms with Crippen LogP contribution in [0.3, 0.4) is 0 Å². The van der Waals surface area contributed by atoms with Crippen molar-refractivity contribution in [2.24, 2.45) is 16.8 Å². The van der Waals surface area contributed by atoms with Crippen LogP contribution in [-0.4, -0.2) is 36.2 Å². The Labute approximate surface area is 94.8 Å². The molecular formula is C10H19N3O3. The predicted molar refractivity (Wildman–Crippen MR) is 59.2 cm³/mol. The van der Waals surface area contributed by atoms with Gasteiger partial charge in [-0.1, -0.05) is 5.16 Å². The Morgan fingerprint density at radius 2 is 2.38 bits per heavy atom. The summed E-state index contributed by atoms with van der Waals surface area (Å²) in [4.78, 5) is 11.5. The van der Waals surface area contributed by atoms with E-state index >= 15 is 0 Å². The van der Waals surface area contributed by atoms with Gasteiger partial charge in [0.15, 0.2) is 5.84 Å². The number of rotatable bonds is 7. The van der Waals surface area contributed by atoms with Gasteiger partial charge in [-0.25, -0.2) is 0 Å².